The summed E-state index contributed by atoms with van der Waals surface area (Å²) in [7, 11) is 0. The van der Waals surface area contributed by atoms with Gasteiger partial charge in [-0.1, -0.05) is 13.3 Å². The van der Waals surface area contributed by atoms with Gasteiger partial charge >= 0.3 is 0 Å². The number of hydrogen-bond donors (Lipinski definition) is 2. The molecule has 106 valence electrons. The molecule has 0 aromatic rings. The Bertz CT molecular complexity index is 254. The van der Waals surface area contributed by atoms with Gasteiger partial charge in [0.2, 0.25) is 5.91 Å². The summed E-state index contributed by atoms with van der Waals surface area (Å²) in [5, 5.41) is 6.50. The zero-order valence-corrected chi connectivity index (χ0v) is 12.2. The fraction of sp³-hybridized carbons (Fsp3) is 0.929. The molecule has 1 aliphatic carbocycles. The van der Waals surface area contributed by atoms with Crippen molar-refractivity contribution in [2.75, 3.05) is 19.6 Å². The minimum atomic E-state index is 0. The van der Waals surface area contributed by atoms with Crippen LogP contribution in [0.2, 0.25) is 0 Å². The molecule has 1 saturated carbocycles. The molecule has 18 heavy (non-hydrogen) atoms. The highest BCUT2D eigenvalue weighted by atomic mass is 35.5. The van der Waals surface area contributed by atoms with Crippen LogP contribution >= 0.6 is 12.4 Å². The van der Waals surface area contributed by atoms with E-state index < -0.39 is 0 Å². The molecule has 0 radical (unpaired) electrons. The first-order chi connectivity index (χ1) is 8.24. The van der Waals surface area contributed by atoms with Crippen molar-refractivity contribution in [3.05, 3.63) is 0 Å². The number of hydrogen-bond acceptors (Lipinski definition) is 2. The van der Waals surface area contributed by atoms with Crippen molar-refractivity contribution < 1.29 is 4.79 Å². The first-order valence-electron chi connectivity index (χ1n) is 7.21. The fourth-order valence-corrected chi connectivity index (χ4v) is 3.20. The zero-order valence-electron chi connectivity index (χ0n) is 11.4. The van der Waals surface area contributed by atoms with Crippen molar-refractivity contribution in [2.45, 2.75) is 45.4 Å². The molecule has 0 aromatic carbocycles. The van der Waals surface area contributed by atoms with Crippen LogP contribution in [0.1, 0.15) is 45.4 Å². The summed E-state index contributed by atoms with van der Waals surface area (Å²) in [6.45, 7) is 5.38. The van der Waals surface area contributed by atoms with Crippen molar-refractivity contribution in [1.82, 2.24) is 10.6 Å². The van der Waals surface area contributed by atoms with Gasteiger partial charge in [0.1, 0.15) is 0 Å². The maximum Gasteiger partial charge on any atom is 0.220 e. The molecule has 2 aliphatic rings. The lowest BCUT2D eigenvalue weighted by atomic mass is 9.99. The Hall–Kier alpha value is -0.280. The van der Waals surface area contributed by atoms with Gasteiger partial charge in [-0.15, -0.1) is 12.4 Å². The third-order valence-corrected chi connectivity index (χ3v) is 4.26. The predicted molar refractivity (Wildman–Crippen MR) is 77.0 cm³/mol. The van der Waals surface area contributed by atoms with Gasteiger partial charge in [0, 0.05) is 13.0 Å². The molecule has 2 fully saturated rings. The maximum atomic E-state index is 11.8. The van der Waals surface area contributed by atoms with Gasteiger partial charge in [0.25, 0.3) is 0 Å². The molecule has 4 heteroatoms. The second-order valence-electron chi connectivity index (χ2n) is 6.00. The van der Waals surface area contributed by atoms with Crippen LogP contribution in [0, 0.1) is 17.8 Å². The molecule has 1 heterocycles. The molecular weight excluding hydrogens is 248 g/mol. The topological polar surface area (TPSA) is 41.1 Å². The fourth-order valence-electron chi connectivity index (χ4n) is 3.20. The van der Waals surface area contributed by atoms with Gasteiger partial charge in [-0.2, -0.15) is 0 Å². The predicted octanol–water partition coefficient (Wildman–Crippen LogP) is 2.35. The number of halogens is 1. The van der Waals surface area contributed by atoms with E-state index in [4.69, 9.17) is 0 Å². The number of carbonyl (C=O) groups is 1. The normalized spacial score (nSPS) is 31.7. The lowest BCUT2D eigenvalue weighted by molar-refractivity contribution is -0.122. The Kier molecular flexibility index (Phi) is 7.02. The number of nitrogens with one attached hydrogen (secondary N) is 2. The van der Waals surface area contributed by atoms with Gasteiger partial charge in [0.15, 0.2) is 0 Å². The Morgan fingerprint density at radius 1 is 1.28 bits per heavy atom. The SMILES string of the molecule is CC1CCC(CC(=O)NCC2CCCNC2)C1.Cl. The number of amides is 1. The van der Waals surface area contributed by atoms with Crippen LogP contribution in [-0.2, 0) is 4.79 Å². The smallest absolute Gasteiger partial charge is 0.220 e. The Morgan fingerprint density at radius 2 is 2.11 bits per heavy atom. The monoisotopic (exact) mass is 274 g/mol. The first-order valence-corrected chi connectivity index (χ1v) is 7.21. The molecular formula is C14H27ClN2O. The van der Waals surface area contributed by atoms with Crippen molar-refractivity contribution in [1.29, 1.82) is 0 Å². The summed E-state index contributed by atoms with van der Waals surface area (Å²) in [5.41, 5.74) is 0. The van der Waals surface area contributed by atoms with Crippen LogP contribution in [0.15, 0.2) is 0 Å². The van der Waals surface area contributed by atoms with Gasteiger partial charge < -0.3 is 10.6 Å². The summed E-state index contributed by atoms with van der Waals surface area (Å²) < 4.78 is 0. The summed E-state index contributed by atoms with van der Waals surface area (Å²) in [5.74, 6) is 2.40. The molecule has 3 unspecified atom stereocenters. The van der Waals surface area contributed by atoms with Crippen LogP contribution in [0.25, 0.3) is 0 Å². The quantitative estimate of drug-likeness (QED) is 0.826. The van der Waals surface area contributed by atoms with E-state index in [9.17, 15) is 4.79 Å². The van der Waals surface area contributed by atoms with Gasteiger partial charge in [-0.3, -0.25) is 4.79 Å². The van der Waals surface area contributed by atoms with Crippen molar-refractivity contribution in [3.63, 3.8) is 0 Å². The molecule has 2 rings (SSSR count). The molecule has 3 atom stereocenters. The Morgan fingerprint density at radius 3 is 2.72 bits per heavy atom. The Labute approximate surface area is 117 Å². The third kappa shape index (κ3) is 5.15. The largest absolute Gasteiger partial charge is 0.356 e. The molecule has 0 aromatic heterocycles. The van der Waals surface area contributed by atoms with E-state index in [0.29, 0.717) is 11.8 Å². The van der Waals surface area contributed by atoms with Gasteiger partial charge in [-0.05, 0) is 56.5 Å². The zero-order chi connectivity index (χ0) is 12.1. The molecule has 2 N–H and O–H groups in total. The molecule has 3 nitrogen and oxygen atoms in total. The minimum absolute atomic E-state index is 0. The summed E-state index contributed by atoms with van der Waals surface area (Å²) >= 11 is 0. The van der Waals surface area contributed by atoms with Crippen LogP contribution in [0.4, 0.5) is 0 Å². The average Bonchev–Trinajstić information content (AvgIpc) is 2.73. The maximum absolute atomic E-state index is 11.8. The number of carbonyl (C=O) groups excluding carboxylic acids is 1. The van der Waals surface area contributed by atoms with E-state index in [1.165, 1.54) is 32.1 Å². The van der Waals surface area contributed by atoms with Crippen molar-refractivity contribution in [3.8, 4) is 0 Å². The lowest BCUT2D eigenvalue weighted by Gasteiger charge is -2.23. The van der Waals surface area contributed by atoms with E-state index >= 15 is 0 Å². The van der Waals surface area contributed by atoms with Crippen LogP contribution in [0.5, 0.6) is 0 Å². The summed E-state index contributed by atoms with van der Waals surface area (Å²) in [6.07, 6.45) is 7.07. The van der Waals surface area contributed by atoms with E-state index in [2.05, 4.69) is 17.6 Å². The Balaban J connectivity index is 0.00000162. The standard InChI is InChI=1S/C14H26N2O.ClH/c1-11-4-5-12(7-11)8-14(17)16-10-13-3-2-6-15-9-13;/h11-13,15H,2-10H2,1H3,(H,16,17);1H. The second-order valence-corrected chi connectivity index (χ2v) is 6.00. The first kappa shape index (κ1) is 15.8. The van der Waals surface area contributed by atoms with E-state index in [0.717, 1.165) is 32.0 Å². The van der Waals surface area contributed by atoms with E-state index in [-0.39, 0.29) is 18.3 Å². The second kappa shape index (κ2) is 8.00. The van der Waals surface area contributed by atoms with Crippen molar-refractivity contribution >= 4 is 18.3 Å². The molecule has 0 spiro atoms. The van der Waals surface area contributed by atoms with Crippen LogP contribution in [0.3, 0.4) is 0 Å². The summed E-state index contributed by atoms with van der Waals surface area (Å²) in [4.78, 5) is 11.8. The van der Waals surface area contributed by atoms with Gasteiger partial charge in [-0.25, -0.2) is 0 Å². The third-order valence-electron chi connectivity index (χ3n) is 4.26. The number of piperidine rings is 1. The minimum Gasteiger partial charge on any atom is -0.356 e. The highest BCUT2D eigenvalue weighted by molar-refractivity contribution is 5.85. The van der Waals surface area contributed by atoms with Crippen molar-refractivity contribution in [2.24, 2.45) is 17.8 Å². The highest BCUT2D eigenvalue weighted by Crippen LogP contribution is 2.32. The summed E-state index contributed by atoms with van der Waals surface area (Å²) in [6, 6.07) is 0. The molecule has 1 amide bonds. The van der Waals surface area contributed by atoms with E-state index in [1.807, 2.05) is 0 Å². The molecule has 0 bridgehead atoms. The highest BCUT2D eigenvalue weighted by Gasteiger charge is 2.23. The van der Waals surface area contributed by atoms with Crippen LogP contribution in [-0.4, -0.2) is 25.5 Å². The molecule has 1 aliphatic heterocycles. The lowest BCUT2D eigenvalue weighted by Crippen LogP contribution is -2.38. The molecule has 1 saturated heterocycles. The average molecular weight is 275 g/mol. The van der Waals surface area contributed by atoms with E-state index in [1.54, 1.807) is 0 Å². The number of rotatable bonds is 4. The van der Waals surface area contributed by atoms with Gasteiger partial charge in [0.05, 0.1) is 0 Å². The van der Waals surface area contributed by atoms with Crippen LogP contribution < -0.4 is 10.6 Å².